The summed E-state index contributed by atoms with van der Waals surface area (Å²) in [5.74, 6) is 0.0361. The average molecular weight is 253 g/mol. The van der Waals surface area contributed by atoms with Crippen LogP contribution >= 0.6 is 0 Å². The third-order valence-corrected chi connectivity index (χ3v) is 2.75. The molecular weight excluding hydrogens is 230 g/mol. The Morgan fingerprint density at radius 3 is 2.61 bits per heavy atom. The number of ether oxygens (including phenoxy) is 1. The fourth-order valence-electron chi connectivity index (χ4n) is 1.84. The Kier molecular flexibility index (Phi) is 4.93. The smallest absolute Gasteiger partial charge is 0.408 e. The van der Waals surface area contributed by atoms with Crippen molar-refractivity contribution in [2.24, 2.45) is 0 Å². The second-order valence-electron chi connectivity index (χ2n) is 5.77. The van der Waals surface area contributed by atoms with Gasteiger partial charge in [0.1, 0.15) is 5.60 Å². The largest absolute Gasteiger partial charge is 0.444 e. The monoisotopic (exact) mass is 253 g/mol. The van der Waals surface area contributed by atoms with Gasteiger partial charge in [-0.25, -0.2) is 4.79 Å². The maximum absolute atomic E-state index is 11.9. The highest BCUT2D eigenvalue weighted by Gasteiger charge is 2.21. The number of hydrogen-bond acceptors (Lipinski definition) is 3. The van der Waals surface area contributed by atoms with Crippen LogP contribution in [-0.4, -0.2) is 23.5 Å². The van der Waals surface area contributed by atoms with Crippen molar-refractivity contribution in [3.63, 3.8) is 0 Å². The average Bonchev–Trinajstić information content (AvgIpc) is 2.66. The van der Waals surface area contributed by atoms with Gasteiger partial charge in [0.2, 0.25) is 0 Å². The van der Waals surface area contributed by atoms with Crippen molar-refractivity contribution in [1.82, 2.24) is 5.32 Å². The maximum atomic E-state index is 11.9. The van der Waals surface area contributed by atoms with Gasteiger partial charge in [-0.05, 0) is 47.0 Å². The van der Waals surface area contributed by atoms with E-state index in [4.69, 9.17) is 4.74 Å². The lowest BCUT2D eigenvalue weighted by Gasteiger charge is -2.21. The lowest BCUT2D eigenvalue weighted by atomic mass is 10.0. The first-order valence-corrected chi connectivity index (χ1v) is 6.48. The highest BCUT2D eigenvalue weighted by molar-refractivity contribution is 5.88. The number of carbonyl (C=O) groups is 2. The van der Waals surface area contributed by atoms with Gasteiger partial charge < -0.3 is 10.1 Å². The highest BCUT2D eigenvalue weighted by atomic mass is 16.6. The van der Waals surface area contributed by atoms with Gasteiger partial charge in [0.15, 0.2) is 5.78 Å². The predicted molar refractivity (Wildman–Crippen MR) is 70.4 cm³/mol. The molecule has 0 unspecified atom stereocenters. The van der Waals surface area contributed by atoms with E-state index in [9.17, 15) is 9.59 Å². The molecule has 18 heavy (non-hydrogen) atoms. The topological polar surface area (TPSA) is 55.4 Å². The minimum Gasteiger partial charge on any atom is -0.444 e. The number of nitrogens with one attached hydrogen (secondary N) is 1. The van der Waals surface area contributed by atoms with Crippen LogP contribution in [0.25, 0.3) is 0 Å². The van der Waals surface area contributed by atoms with E-state index >= 15 is 0 Å². The van der Waals surface area contributed by atoms with Gasteiger partial charge in [-0.2, -0.15) is 0 Å². The second kappa shape index (κ2) is 6.03. The fourth-order valence-corrected chi connectivity index (χ4v) is 1.84. The molecule has 1 N–H and O–H groups in total. The van der Waals surface area contributed by atoms with Gasteiger partial charge in [-0.15, -0.1) is 0 Å². The zero-order chi connectivity index (χ0) is 13.8. The fraction of sp³-hybridized carbons (Fsp3) is 0.714. The van der Waals surface area contributed by atoms with E-state index in [0.717, 1.165) is 19.3 Å². The van der Waals surface area contributed by atoms with E-state index in [-0.39, 0.29) is 5.78 Å². The van der Waals surface area contributed by atoms with Crippen LogP contribution in [0.15, 0.2) is 11.6 Å². The molecule has 1 aliphatic rings. The minimum atomic E-state index is -0.541. The molecule has 0 aliphatic heterocycles. The first-order valence-electron chi connectivity index (χ1n) is 6.48. The number of carbonyl (C=O) groups excluding carboxylic acids is 2. The van der Waals surface area contributed by atoms with Crippen LogP contribution in [0.1, 0.15) is 53.4 Å². The number of allylic oxidation sites excluding steroid dienone is 2. The summed E-state index contributed by atoms with van der Waals surface area (Å²) in [5, 5.41) is 2.57. The van der Waals surface area contributed by atoms with Crippen molar-refractivity contribution in [3.8, 4) is 0 Å². The Bertz CT molecular complexity index is 353. The van der Waals surface area contributed by atoms with Gasteiger partial charge in [-0.1, -0.05) is 11.6 Å². The number of Topliss-reactive ketones (excluding diaryl/α,β-unsaturated/α-hetero) is 1. The maximum Gasteiger partial charge on any atom is 0.408 e. The van der Waals surface area contributed by atoms with Gasteiger partial charge in [0.25, 0.3) is 0 Å². The summed E-state index contributed by atoms with van der Waals surface area (Å²) in [6, 6.07) is -0.499. The third kappa shape index (κ3) is 5.34. The van der Waals surface area contributed by atoms with E-state index in [0.29, 0.717) is 6.42 Å². The van der Waals surface area contributed by atoms with E-state index < -0.39 is 17.7 Å². The minimum absolute atomic E-state index is 0.0361. The summed E-state index contributed by atoms with van der Waals surface area (Å²) in [6.45, 7) is 7.08. The summed E-state index contributed by atoms with van der Waals surface area (Å²) >= 11 is 0. The van der Waals surface area contributed by atoms with Crippen molar-refractivity contribution in [3.05, 3.63) is 11.6 Å². The quantitative estimate of drug-likeness (QED) is 0.784. The molecule has 0 aromatic rings. The zero-order valence-corrected chi connectivity index (χ0v) is 11.7. The molecule has 4 nitrogen and oxygen atoms in total. The van der Waals surface area contributed by atoms with E-state index in [1.54, 1.807) is 27.7 Å². The van der Waals surface area contributed by atoms with Crippen LogP contribution in [0.4, 0.5) is 4.79 Å². The molecule has 0 aromatic carbocycles. The van der Waals surface area contributed by atoms with Crippen LogP contribution < -0.4 is 5.32 Å². The molecule has 0 saturated carbocycles. The Morgan fingerprint density at radius 2 is 2.11 bits per heavy atom. The Hall–Kier alpha value is -1.32. The molecule has 1 atom stereocenters. The standard InChI is InChI=1S/C14H23NO3/c1-10(15-13(17)18-14(2,3)4)12(16)9-11-7-5-6-8-11/h7,10H,5-6,8-9H2,1-4H3,(H,15,17)/t10-/m0/s1. The number of rotatable bonds is 4. The molecule has 1 rings (SSSR count). The van der Waals surface area contributed by atoms with E-state index in [2.05, 4.69) is 11.4 Å². The van der Waals surface area contributed by atoms with Crippen LogP contribution in [0.5, 0.6) is 0 Å². The second-order valence-corrected chi connectivity index (χ2v) is 5.77. The summed E-state index contributed by atoms with van der Waals surface area (Å²) in [4.78, 5) is 23.4. The van der Waals surface area contributed by atoms with Crippen LogP contribution in [-0.2, 0) is 9.53 Å². The number of hydrogen-bond donors (Lipinski definition) is 1. The Labute approximate surface area is 109 Å². The lowest BCUT2D eigenvalue weighted by molar-refractivity contribution is -0.120. The molecule has 102 valence electrons. The van der Waals surface area contributed by atoms with Crippen molar-refractivity contribution in [1.29, 1.82) is 0 Å². The molecule has 0 saturated heterocycles. The molecule has 4 heteroatoms. The van der Waals surface area contributed by atoms with E-state index in [1.165, 1.54) is 5.57 Å². The lowest BCUT2D eigenvalue weighted by Crippen LogP contribution is -2.41. The predicted octanol–water partition coefficient (Wildman–Crippen LogP) is 2.97. The van der Waals surface area contributed by atoms with Crippen molar-refractivity contribution >= 4 is 11.9 Å². The molecule has 0 radical (unpaired) electrons. The summed E-state index contributed by atoms with van der Waals surface area (Å²) in [6.07, 6.45) is 5.23. The van der Waals surface area contributed by atoms with Crippen molar-refractivity contribution in [2.75, 3.05) is 0 Å². The number of alkyl carbamates (subject to hydrolysis) is 1. The first-order chi connectivity index (χ1) is 8.28. The molecule has 0 heterocycles. The Morgan fingerprint density at radius 1 is 1.44 bits per heavy atom. The van der Waals surface area contributed by atoms with Crippen LogP contribution in [0.2, 0.25) is 0 Å². The molecule has 0 fully saturated rings. The highest BCUT2D eigenvalue weighted by Crippen LogP contribution is 2.21. The normalized spacial score (nSPS) is 17.0. The molecule has 1 aliphatic carbocycles. The van der Waals surface area contributed by atoms with Gasteiger partial charge in [-0.3, -0.25) is 4.79 Å². The zero-order valence-electron chi connectivity index (χ0n) is 11.7. The summed E-state index contributed by atoms with van der Waals surface area (Å²) in [5.41, 5.74) is 0.652. The molecule has 0 aromatic heterocycles. The molecule has 1 amide bonds. The van der Waals surface area contributed by atoms with Crippen molar-refractivity contribution in [2.45, 2.75) is 65.0 Å². The molecule has 0 bridgehead atoms. The SMILES string of the molecule is C[C@H](NC(=O)OC(C)(C)C)C(=O)CC1=CCCC1. The van der Waals surface area contributed by atoms with Crippen LogP contribution in [0, 0.1) is 0 Å². The van der Waals surface area contributed by atoms with E-state index in [1.807, 2.05) is 0 Å². The number of ketones is 1. The van der Waals surface area contributed by atoms with Crippen LogP contribution in [0.3, 0.4) is 0 Å². The van der Waals surface area contributed by atoms with Crippen molar-refractivity contribution < 1.29 is 14.3 Å². The molecule has 0 spiro atoms. The van der Waals surface area contributed by atoms with Gasteiger partial charge >= 0.3 is 6.09 Å². The van der Waals surface area contributed by atoms with Gasteiger partial charge in [0.05, 0.1) is 6.04 Å². The summed E-state index contributed by atoms with van der Waals surface area (Å²) in [7, 11) is 0. The molecular formula is C14H23NO3. The first kappa shape index (κ1) is 14.7. The third-order valence-electron chi connectivity index (χ3n) is 2.75. The summed E-state index contributed by atoms with van der Waals surface area (Å²) < 4.78 is 5.11. The van der Waals surface area contributed by atoms with Gasteiger partial charge in [0, 0.05) is 6.42 Å². The number of amides is 1. The Balaban J connectivity index is 2.37.